The summed E-state index contributed by atoms with van der Waals surface area (Å²) in [5, 5.41) is 9.83. The van der Waals surface area contributed by atoms with Gasteiger partial charge in [-0.15, -0.1) is 0 Å². The lowest BCUT2D eigenvalue weighted by atomic mass is 9.94. The number of methoxy groups -OCH3 is 2. The number of carbonyl (C=O) groups excluding carboxylic acids is 1. The van der Waals surface area contributed by atoms with Gasteiger partial charge in [0.25, 0.3) is 0 Å². The van der Waals surface area contributed by atoms with Gasteiger partial charge in [0.15, 0.2) is 0 Å². The molecule has 1 saturated heterocycles. The Morgan fingerprint density at radius 1 is 1.11 bits per heavy atom. The maximum Gasteiger partial charge on any atom is 0.410 e. The Morgan fingerprint density at radius 3 is 2.48 bits per heavy atom. The van der Waals surface area contributed by atoms with Crippen LogP contribution in [-0.4, -0.2) is 75.3 Å². The van der Waals surface area contributed by atoms with Crippen LogP contribution in [-0.2, 0) is 30.3 Å². The zero-order chi connectivity index (χ0) is 19.5. The highest BCUT2D eigenvalue weighted by Gasteiger charge is 2.39. The zero-order valence-electron chi connectivity index (χ0n) is 15.9. The van der Waals surface area contributed by atoms with Crippen LogP contribution in [0.3, 0.4) is 0 Å². The van der Waals surface area contributed by atoms with Crippen molar-refractivity contribution in [2.45, 2.75) is 37.6 Å². The van der Waals surface area contributed by atoms with Crippen molar-refractivity contribution in [2.24, 2.45) is 0 Å². The highest BCUT2D eigenvalue weighted by atomic mass is 16.7. The SMILES string of the molecule is COCOC[C@@H]1C[C@H](OCOC)C[C@H](CO)N1C(=O)OCc1ccccc1. The minimum absolute atomic E-state index is 0.122. The summed E-state index contributed by atoms with van der Waals surface area (Å²) in [6.07, 6.45) is 0.441. The fourth-order valence-corrected chi connectivity index (χ4v) is 3.20. The Kier molecular flexibility index (Phi) is 9.51. The zero-order valence-corrected chi connectivity index (χ0v) is 15.9. The third-order valence-corrected chi connectivity index (χ3v) is 4.42. The van der Waals surface area contributed by atoms with E-state index in [4.69, 9.17) is 23.7 Å². The van der Waals surface area contributed by atoms with E-state index in [9.17, 15) is 9.90 Å². The highest BCUT2D eigenvalue weighted by Crippen LogP contribution is 2.27. The molecule has 1 aliphatic heterocycles. The minimum atomic E-state index is -0.478. The largest absolute Gasteiger partial charge is 0.445 e. The molecule has 1 aliphatic rings. The molecule has 2 rings (SSSR count). The number of aliphatic hydroxyl groups is 1. The average molecular weight is 383 g/mol. The van der Waals surface area contributed by atoms with Gasteiger partial charge in [-0.05, 0) is 18.4 Å². The van der Waals surface area contributed by atoms with Crippen molar-refractivity contribution in [1.29, 1.82) is 0 Å². The Hall–Kier alpha value is -1.71. The lowest BCUT2D eigenvalue weighted by molar-refractivity contribution is -0.125. The van der Waals surface area contributed by atoms with E-state index < -0.39 is 12.1 Å². The molecule has 3 atom stereocenters. The predicted octanol–water partition coefficient (Wildman–Crippen LogP) is 1.76. The number of ether oxygens (including phenoxy) is 5. The number of likely N-dealkylation sites (tertiary alicyclic amines) is 1. The molecule has 0 aromatic heterocycles. The molecule has 0 unspecified atom stereocenters. The summed E-state index contributed by atoms with van der Waals surface area (Å²) < 4.78 is 26.5. The van der Waals surface area contributed by atoms with Crippen molar-refractivity contribution in [1.82, 2.24) is 4.90 Å². The van der Waals surface area contributed by atoms with Crippen LogP contribution in [0.5, 0.6) is 0 Å². The summed E-state index contributed by atoms with van der Waals surface area (Å²) in [6.45, 7) is 0.527. The van der Waals surface area contributed by atoms with E-state index in [-0.39, 0.29) is 45.6 Å². The Labute approximate surface area is 159 Å². The van der Waals surface area contributed by atoms with Crippen LogP contribution in [0.2, 0.25) is 0 Å². The first-order valence-electron chi connectivity index (χ1n) is 8.96. The van der Waals surface area contributed by atoms with Crippen molar-refractivity contribution in [3.8, 4) is 0 Å². The Morgan fingerprint density at radius 2 is 1.81 bits per heavy atom. The number of hydrogen-bond acceptors (Lipinski definition) is 7. The third kappa shape index (κ3) is 6.75. The number of carbonyl (C=O) groups is 1. The van der Waals surface area contributed by atoms with Gasteiger partial charge in [0.05, 0.1) is 31.4 Å². The second-order valence-electron chi connectivity index (χ2n) is 6.38. The predicted molar refractivity (Wildman–Crippen MR) is 96.9 cm³/mol. The van der Waals surface area contributed by atoms with Gasteiger partial charge in [-0.3, -0.25) is 4.90 Å². The lowest BCUT2D eigenvalue weighted by Crippen LogP contribution is -2.57. The third-order valence-electron chi connectivity index (χ3n) is 4.42. The van der Waals surface area contributed by atoms with E-state index in [1.54, 1.807) is 12.0 Å². The molecule has 152 valence electrons. The molecule has 0 radical (unpaired) electrons. The second-order valence-corrected chi connectivity index (χ2v) is 6.38. The number of piperidine rings is 1. The van der Waals surface area contributed by atoms with E-state index in [0.29, 0.717) is 12.8 Å². The summed E-state index contributed by atoms with van der Waals surface area (Å²) >= 11 is 0. The Balaban J connectivity index is 2.03. The molecule has 8 nitrogen and oxygen atoms in total. The topological polar surface area (TPSA) is 86.7 Å². The van der Waals surface area contributed by atoms with E-state index in [1.807, 2.05) is 30.3 Å². The maximum atomic E-state index is 12.7. The first-order valence-corrected chi connectivity index (χ1v) is 8.96. The molecule has 1 amide bonds. The van der Waals surface area contributed by atoms with E-state index in [1.165, 1.54) is 7.11 Å². The van der Waals surface area contributed by atoms with Gasteiger partial charge in [-0.25, -0.2) is 4.79 Å². The summed E-state index contributed by atoms with van der Waals surface area (Å²) in [7, 11) is 3.09. The van der Waals surface area contributed by atoms with Crippen LogP contribution in [0.1, 0.15) is 18.4 Å². The van der Waals surface area contributed by atoms with Gasteiger partial charge in [0.1, 0.15) is 20.2 Å². The van der Waals surface area contributed by atoms with Crippen LogP contribution >= 0.6 is 0 Å². The molecular weight excluding hydrogens is 354 g/mol. The van der Waals surface area contributed by atoms with Crippen LogP contribution in [0.25, 0.3) is 0 Å². The maximum absolute atomic E-state index is 12.7. The number of rotatable bonds is 10. The fourth-order valence-electron chi connectivity index (χ4n) is 3.20. The average Bonchev–Trinajstić information content (AvgIpc) is 2.71. The summed E-state index contributed by atoms with van der Waals surface area (Å²) in [5.41, 5.74) is 0.900. The fraction of sp³-hybridized carbons (Fsp3) is 0.632. The molecule has 1 fully saturated rings. The van der Waals surface area contributed by atoms with Gasteiger partial charge in [0.2, 0.25) is 0 Å². The van der Waals surface area contributed by atoms with Crippen molar-refractivity contribution in [3.05, 3.63) is 35.9 Å². The first kappa shape index (κ1) is 21.6. The van der Waals surface area contributed by atoms with Gasteiger partial charge >= 0.3 is 6.09 Å². The van der Waals surface area contributed by atoms with Gasteiger partial charge < -0.3 is 28.8 Å². The summed E-state index contributed by atoms with van der Waals surface area (Å²) in [6, 6.07) is 8.75. The van der Waals surface area contributed by atoms with Crippen LogP contribution in [0, 0.1) is 0 Å². The quantitative estimate of drug-likeness (QED) is 0.487. The molecule has 1 N–H and O–H groups in total. The molecule has 0 bridgehead atoms. The number of amides is 1. The van der Waals surface area contributed by atoms with Gasteiger partial charge in [-0.1, -0.05) is 30.3 Å². The van der Waals surface area contributed by atoms with Gasteiger partial charge in [0, 0.05) is 14.2 Å². The minimum Gasteiger partial charge on any atom is -0.445 e. The lowest BCUT2D eigenvalue weighted by Gasteiger charge is -2.43. The van der Waals surface area contributed by atoms with E-state index in [2.05, 4.69) is 0 Å². The van der Waals surface area contributed by atoms with E-state index >= 15 is 0 Å². The van der Waals surface area contributed by atoms with Crippen LogP contribution in [0.4, 0.5) is 4.79 Å². The monoisotopic (exact) mass is 383 g/mol. The molecule has 0 saturated carbocycles. The molecule has 0 spiro atoms. The number of benzene rings is 1. The van der Waals surface area contributed by atoms with Crippen LogP contribution < -0.4 is 0 Å². The van der Waals surface area contributed by atoms with Crippen LogP contribution in [0.15, 0.2) is 30.3 Å². The van der Waals surface area contributed by atoms with Crippen molar-refractivity contribution in [2.75, 3.05) is 41.0 Å². The standard InChI is InChI=1S/C19H29NO7/c1-23-13-25-12-17-9-18(27-14-24-2)8-16(10-21)20(17)19(22)26-11-15-6-4-3-5-7-15/h3-7,16-18,21H,8-14H2,1-2H3/t16-,17+,18-/m1/s1. The second kappa shape index (κ2) is 11.9. The number of aliphatic hydroxyl groups excluding tert-OH is 1. The van der Waals surface area contributed by atoms with E-state index in [0.717, 1.165) is 5.56 Å². The van der Waals surface area contributed by atoms with Crippen molar-refractivity contribution in [3.63, 3.8) is 0 Å². The van der Waals surface area contributed by atoms with Gasteiger partial charge in [-0.2, -0.15) is 0 Å². The molecule has 0 aliphatic carbocycles. The molecule has 1 aromatic carbocycles. The highest BCUT2D eigenvalue weighted by molar-refractivity contribution is 5.68. The molecule has 27 heavy (non-hydrogen) atoms. The summed E-state index contributed by atoms with van der Waals surface area (Å²) in [5.74, 6) is 0. The molecule has 8 heteroatoms. The normalized spacial score (nSPS) is 22.6. The first-order chi connectivity index (χ1) is 13.2. The Bertz CT molecular complexity index is 542. The molecule has 1 aromatic rings. The summed E-state index contributed by atoms with van der Waals surface area (Å²) in [4.78, 5) is 14.3. The number of hydrogen-bond donors (Lipinski definition) is 1. The molecular formula is C19H29NO7. The number of nitrogens with zero attached hydrogens (tertiary/aromatic N) is 1. The van der Waals surface area contributed by atoms with Crippen molar-refractivity contribution < 1.29 is 33.6 Å². The molecule has 1 heterocycles. The van der Waals surface area contributed by atoms with Crippen molar-refractivity contribution >= 4 is 6.09 Å². The smallest absolute Gasteiger partial charge is 0.410 e.